The van der Waals surface area contributed by atoms with Crippen LogP contribution < -0.4 is 5.32 Å². The van der Waals surface area contributed by atoms with Crippen molar-refractivity contribution in [3.8, 4) is 0 Å². The molecular weight excluding hydrogens is 447 g/mol. The van der Waals surface area contributed by atoms with E-state index in [-0.39, 0.29) is 10.8 Å². The van der Waals surface area contributed by atoms with E-state index < -0.39 is 11.7 Å². The number of hydrogen-bond acceptors (Lipinski definition) is 3. The van der Waals surface area contributed by atoms with Crippen LogP contribution in [0.25, 0.3) is 0 Å². The van der Waals surface area contributed by atoms with E-state index >= 15 is 0 Å². The van der Waals surface area contributed by atoms with Gasteiger partial charge in [-0.05, 0) is 48.5 Å². The molecule has 31 heavy (non-hydrogen) atoms. The Morgan fingerprint density at radius 2 is 1.87 bits per heavy atom. The van der Waals surface area contributed by atoms with Crippen LogP contribution >= 0.6 is 23.8 Å². The van der Waals surface area contributed by atoms with Crippen LogP contribution in [0.15, 0.2) is 48.5 Å². The van der Waals surface area contributed by atoms with Gasteiger partial charge in [-0.2, -0.15) is 13.2 Å². The number of para-hydroxylation sites is 1. The molecule has 9 heteroatoms. The predicted molar refractivity (Wildman–Crippen MR) is 121 cm³/mol. The summed E-state index contributed by atoms with van der Waals surface area (Å²) in [7, 11) is 0. The molecule has 0 amide bonds. The summed E-state index contributed by atoms with van der Waals surface area (Å²) in [5.74, 6) is 0. The van der Waals surface area contributed by atoms with Gasteiger partial charge in [-0.15, -0.1) is 0 Å². The average Bonchev–Trinajstić information content (AvgIpc) is 2.73. The van der Waals surface area contributed by atoms with Gasteiger partial charge in [-0.1, -0.05) is 35.9 Å². The molecule has 1 heterocycles. The molecule has 1 saturated heterocycles. The van der Waals surface area contributed by atoms with Gasteiger partial charge in [0.2, 0.25) is 0 Å². The Kier molecular flexibility index (Phi) is 8.54. The van der Waals surface area contributed by atoms with E-state index in [1.165, 1.54) is 12.1 Å². The van der Waals surface area contributed by atoms with Gasteiger partial charge in [0.15, 0.2) is 5.11 Å². The van der Waals surface area contributed by atoms with Crippen LogP contribution in [0, 0.1) is 0 Å². The van der Waals surface area contributed by atoms with E-state index in [1.807, 2.05) is 23.1 Å². The Morgan fingerprint density at radius 3 is 2.58 bits per heavy atom. The number of rotatable bonds is 7. The van der Waals surface area contributed by atoms with E-state index in [0.29, 0.717) is 18.1 Å². The SMILES string of the molecule is FC(F)(F)c1ccccc1NC(=S)N(CCCN1CCOCC1)Cc1cccc(Cl)c1. The van der Waals surface area contributed by atoms with Gasteiger partial charge >= 0.3 is 6.18 Å². The van der Waals surface area contributed by atoms with Crippen molar-refractivity contribution >= 4 is 34.6 Å². The third kappa shape index (κ3) is 7.35. The molecule has 1 aliphatic rings. The normalized spacial score (nSPS) is 15.0. The number of nitrogens with one attached hydrogen (secondary N) is 1. The molecular formula is C22H25ClF3N3OS. The summed E-state index contributed by atoms with van der Waals surface area (Å²) in [4.78, 5) is 4.20. The van der Waals surface area contributed by atoms with Gasteiger partial charge in [-0.25, -0.2) is 0 Å². The molecule has 0 aliphatic carbocycles. The van der Waals surface area contributed by atoms with E-state index in [2.05, 4.69) is 10.2 Å². The minimum atomic E-state index is -4.46. The molecule has 3 rings (SSSR count). The molecule has 2 aromatic carbocycles. The highest BCUT2D eigenvalue weighted by molar-refractivity contribution is 7.80. The highest BCUT2D eigenvalue weighted by atomic mass is 35.5. The summed E-state index contributed by atoms with van der Waals surface area (Å²) >= 11 is 11.6. The quantitative estimate of drug-likeness (QED) is 0.554. The Morgan fingerprint density at radius 1 is 1.13 bits per heavy atom. The fourth-order valence-corrected chi connectivity index (χ4v) is 3.93. The van der Waals surface area contributed by atoms with Gasteiger partial charge in [-0.3, -0.25) is 4.90 Å². The number of alkyl halides is 3. The summed E-state index contributed by atoms with van der Waals surface area (Å²) in [6.45, 7) is 5.14. The van der Waals surface area contributed by atoms with Crippen molar-refractivity contribution in [2.24, 2.45) is 0 Å². The van der Waals surface area contributed by atoms with Crippen LogP contribution in [0.2, 0.25) is 5.02 Å². The summed E-state index contributed by atoms with van der Waals surface area (Å²) in [5.41, 5.74) is 0.143. The number of morpholine rings is 1. The second-order valence-electron chi connectivity index (χ2n) is 7.33. The van der Waals surface area contributed by atoms with Crippen molar-refractivity contribution in [1.29, 1.82) is 0 Å². The smallest absolute Gasteiger partial charge is 0.379 e. The average molecular weight is 472 g/mol. The monoisotopic (exact) mass is 471 g/mol. The highest BCUT2D eigenvalue weighted by Crippen LogP contribution is 2.34. The number of halogens is 4. The predicted octanol–water partition coefficient (Wildman–Crippen LogP) is 5.28. The van der Waals surface area contributed by atoms with Crippen molar-refractivity contribution in [2.75, 3.05) is 44.7 Å². The molecule has 1 N–H and O–H groups in total. The number of ether oxygens (including phenoxy) is 1. The Hall–Kier alpha value is -1.87. The van der Waals surface area contributed by atoms with Gasteiger partial charge < -0.3 is 15.0 Å². The lowest BCUT2D eigenvalue weighted by molar-refractivity contribution is -0.136. The lowest BCUT2D eigenvalue weighted by Crippen LogP contribution is -2.40. The maximum atomic E-state index is 13.4. The van der Waals surface area contributed by atoms with Crippen LogP contribution in [0.1, 0.15) is 17.5 Å². The van der Waals surface area contributed by atoms with E-state index in [4.69, 9.17) is 28.6 Å². The molecule has 4 nitrogen and oxygen atoms in total. The summed E-state index contributed by atoms with van der Waals surface area (Å²) < 4.78 is 45.5. The lowest BCUT2D eigenvalue weighted by Gasteiger charge is -2.30. The van der Waals surface area contributed by atoms with E-state index in [9.17, 15) is 13.2 Å². The minimum Gasteiger partial charge on any atom is -0.379 e. The van der Waals surface area contributed by atoms with Crippen LogP contribution in [0.3, 0.4) is 0 Å². The standard InChI is InChI=1S/C22H25ClF3N3OS/c23-18-6-3-5-17(15-18)16-29(10-4-9-28-11-13-30-14-12-28)21(31)27-20-8-2-1-7-19(20)22(24,25)26/h1-3,5-8,15H,4,9-14,16H2,(H,27,31). The molecule has 0 radical (unpaired) electrons. The van der Waals surface area contributed by atoms with E-state index in [0.717, 1.165) is 50.9 Å². The summed E-state index contributed by atoms with van der Waals surface area (Å²) in [5, 5.41) is 3.66. The number of hydrogen-bond donors (Lipinski definition) is 1. The van der Waals surface area contributed by atoms with Crippen LogP contribution in [0.4, 0.5) is 18.9 Å². The first-order chi connectivity index (χ1) is 14.8. The largest absolute Gasteiger partial charge is 0.418 e. The van der Waals surface area contributed by atoms with E-state index in [1.54, 1.807) is 12.1 Å². The number of nitrogens with zero attached hydrogens (tertiary/aromatic N) is 2. The summed E-state index contributed by atoms with van der Waals surface area (Å²) in [6, 6.07) is 12.7. The molecule has 1 fully saturated rings. The zero-order valence-corrected chi connectivity index (χ0v) is 18.6. The minimum absolute atomic E-state index is 0.0516. The highest BCUT2D eigenvalue weighted by Gasteiger charge is 2.33. The molecule has 0 bridgehead atoms. The van der Waals surface area contributed by atoms with Gasteiger partial charge in [0.05, 0.1) is 24.5 Å². The fraction of sp³-hybridized carbons (Fsp3) is 0.409. The third-order valence-electron chi connectivity index (χ3n) is 5.03. The van der Waals surface area contributed by atoms with Crippen LogP contribution in [0.5, 0.6) is 0 Å². The molecule has 0 saturated carbocycles. The van der Waals surface area contributed by atoms with Gasteiger partial charge in [0.1, 0.15) is 0 Å². The first-order valence-electron chi connectivity index (χ1n) is 10.1. The molecule has 0 unspecified atom stereocenters. The Bertz CT molecular complexity index is 875. The first-order valence-corrected chi connectivity index (χ1v) is 10.9. The second kappa shape index (κ2) is 11.1. The number of benzene rings is 2. The Labute approximate surface area is 190 Å². The zero-order valence-electron chi connectivity index (χ0n) is 17.0. The lowest BCUT2D eigenvalue weighted by atomic mass is 10.1. The fourth-order valence-electron chi connectivity index (χ4n) is 3.45. The van der Waals surface area contributed by atoms with Gasteiger partial charge in [0.25, 0.3) is 0 Å². The molecule has 0 aromatic heterocycles. The molecule has 2 aromatic rings. The molecule has 0 spiro atoms. The third-order valence-corrected chi connectivity index (χ3v) is 5.63. The topological polar surface area (TPSA) is 27.7 Å². The molecule has 1 aliphatic heterocycles. The second-order valence-corrected chi connectivity index (χ2v) is 8.16. The summed E-state index contributed by atoms with van der Waals surface area (Å²) in [6.07, 6.45) is -3.64. The van der Waals surface area contributed by atoms with Crippen molar-refractivity contribution in [3.63, 3.8) is 0 Å². The van der Waals surface area contributed by atoms with Crippen molar-refractivity contribution in [1.82, 2.24) is 9.80 Å². The number of thiocarbonyl (C=S) groups is 1. The maximum absolute atomic E-state index is 13.4. The number of anilines is 1. The first kappa shape index (κ1) is 23.8. The van der Waals surface area contributed by atoms with Crippen LogP contribution in [-0.2, 0) is 17.5 Å². The van der Waals surface area contributed by atoms with Crippen molar-refractivity contribution in [3.05, 3.63) is 64.7 Å². The molecule has 0 atom stereocenters. The van der Waals surface area contributed by atoms with Crippen molar-refractivity contribution < 1.29 is 17.9 Å². The Balaban J connectivity index is 1.71. The zero-order chi connectivity index (χ0) is 22.3. The maximum Gasteiger partial charge on any atom is 0.418 e. The van der Waals surface area contributed by atoms with Crippen molar-refractivity contribution in [2.45, 2.75) is 19.1 Å². The van der Waals surface area contributed by atoms with Gasteiger partial charge in [0, 0.05) is 37.7 Å². The molecule has 168 valence electrons. The van der Waals surface area contributed by atoms with Crippen LogP contribution in [-0.4, -0.2) is 54.3 Å².